The predicted octanol–water partition coefficient (Wildman–Crippen LogP) is 1.96. The molecule has 1 aliphatic heterocycles. The van der Waals surface area contributed by atoms with Gasteiger partial charge in [0.15, 0.2) is 5.82 Å². The van der Waals surface area contributed by atoms with Crippen molar-refractivity contribution in [2.24, 2.45) is 0 Å². The monoisotopic (exact) mass is 358 g/mol. The first-order valence-electron chi connectivity index (χ1n) is 7.23. The molecule has 1 saturated heterocycles. The molecule has 0 spiro atoms. The number of hydrogen-bond acceptors (Lipinski definition) is 5. The van der Waals surface area contributed by atoms with E-state index >= 15 is 0 Å². The van der Waals surface area contributed by atoms with E-state index < -0.39 is 0 Å². The van der Waals surface area contributed by atoms with Crippen LogP contribution in [0.2, 0.25) is 0 Å². The van der Waals surface area contributed by atoms with Crippen LogP contribution in [0.25, 0.3) is 16.9 Å². The molecule has 0 bridgehead atoms. The fourth-order valence-corrected chi connectivity index (χ4v) is 3.00. The molecule has 3 heterocycles. The zero-order valence-electron chi connectivity index (χ0n) is 11.9. The van der Waals surface area contributed by atoms with Gasteiger partial charge in [0.05, 0.1) is 11.9 Å². The molecular formula is C15H15BrN6. The van der Waals surface area contributed by atoms with Gasteiger partial charge in [-0.1, -0.05) is 28.1 Å². The quantitative estimate of drug-likeness (QED) is 0.758. The summed E-state index contributed by atoms with van der Waals surface area (Å²) in [6, 6.07) is 8.17. The Morgan fingerprint density at radius 3 is 2.64 bits per heavy atom. The van der Waals surface area contributed by atoms with E-state index in [-0.39, 0.29) is 0 Å². The lowest BCUT2D eigenvalue weighted by atomic mass is 10.1. The molecule has 0 amide bonds. The molecule has 22 heavy (non-hydrogen) atoms. The van der Waals surface area contributed by atoms with Crippen molar-refractivity contribution in [2.45, 2.75) is 0 Å². The second kappa shape index (κ2) is 5.66. The molecule has 0 radical (unpaired) electrons. The third-order valence-electron chi connectivity index (χ3n) is 3.87. The highest BCUT2D eigenvalue weighted by Gasteiger charge is 2.18. The van der Waals surface area contributed by atoms with Gasteiger partial charge in [-0.3, -0.25) is 4.40 Å². The lowest BCUT2D eigenvalue weighted by Crippen LogP contribution is -2.44. The van der Waals surface area contributed by atoms with Gasteiger partial charge in [-0.25, -0.2) is 4.98 Å². The highest BCUT2D eigenvalue weighted by Crippen LogP contribution is 2.25. The minimum Gasteiger partial charge on any atom is -0.351 e. The van der Waals surface area contributed by atoms with Crippen molar-refractivity contribution in [3.63, 3.8) is 0 Å². The Hall–Kier alpha value is -1.99. The van der Waals surface area contributed by atoms with Crippen LogP contribution in [0.15, 0.2) is 41.3 Å². The van der Waals surface area contributed by atoms with Gasteiger partial charge < -0.3 is 10.2 Å². The number of hydrogen-bond donors (Lipinski definition) is 1. The van der Waals surface area contributed by atoms with Crippen molar-refractivity contribution in [3.8, 4) is 11.3 Å². The normalized spacial score (nSPS) is 15.4. The average molecular weight is 359 g/mol. The number of anilines is 1. The lowest BCUT2D eigenvalue weighted by Gasteiger charge is -2.28. The Balaban J connectivity index is 1.82. The van der Waals surface area contributed by atoms with Gasteiger partial charge in [0.2, 0.25) is 5.65 Å². The molecule has 0 unspecified atom stereocenters. The minimum atomic E-state index is 0.808. The molecule has 1 aliphatic rings. The largest absolute Gasteiger partial charge is 0.351 e. The SMILES string of the molecule is Brc1ccc(-c2cnc(N3CCNCC3)c3nncn23)cc1. The summed E-state index contributed by atoms with van der Waals surface area (Å²) in [6.07, 6.45) is 3.65. The van der Waals surface area contributed by atoms with Crippen molar-refractivity contribution < 1.29 is 0 Å². The Kier molecular flexibility index (Phi) is 3.51. The summed E-state index contributed by atoms with van der Waals surface area (Å²) < 4.78 is 3.06. The number of benzene rings is 1. The molecule has 2 aromatic heterocycles. The smallest absolute Gasteiger partial charge is 0.204 e. The molecule has 0 saturated carbocycles. The molecule has 1 fully saturated rings. The second-order valence-electron chi connectivity index (χ2n) is 5.24. The summed E-state index contributed by atoms with van der Waals surface area (Å²) in [5.74, 6) is 0.903. The van der Waals surface area contributed by atoms with Crippen molar-refractivity contribution in [2.75, 3.05) is 31.1 Å². The van der Waals surface area contributed by atoms with Gasteiger partial charge >= 0.3 is 0 Å². The Morgan fingerprint density at radius 1 is 1.09 bits per heavy atom. The van der Waals surface area contributed by atoms with E-state index in [1.165, 1.54) is 0 Å². The van der Waals surface area contributed by atoms with Crippen molar-refractivity contribution in [1.29, 1.82) is 0 Å². The average Bonchev–Trinajstić information content (AvgIpc) is 3.05. The first kappa shape index (κ1) is 13.7. The highest BCUT2D eigenvalue weighted by atomic mass is 79.9. The van der Waals surface area contributed by atoms with Gasteiger partial charge in [0, 0.05) is 36.2 Å². The number of rotatable bonds is 2. The van der Waals surface area contributed by atoms with E-state index in [1.54, 1.807) is 6.33 Å². The number of fused-ring (bicyclic) bond motifs is 1. The van der Waals surface area contributed by atoms with Crippen LogP contribution >= 0.6 is 15.9 Å². The van der Waals surface area contributed by atoms with E-state index in [9.17, 15) is 0 Å². The number of nitrogens with zero attached hydrogens (tertiary/aromatic N) is 5. The second-order valence-corrected chi connectivity index (χ2v) is 6.15. The van der Waals surface area contributed by atoms with E-state index in [2.05, 4.69) is 53.5 Å². The van der Waals surface area contributed by atoms with Crippen LogP contribution in [-0.2, 0) is 0 Å². The van der Waals surface area contributed by atoms with Crippen molar-refractivity contribution >= 4 is 27.4 Å². The lowest BCUT2D eigenvalue weighted by molar-refractivity contribution is 0.585. The first-order valence-corrected chi connectivity index (χ1v) is 8.02. The maximum Gasteiger partial charge on any atom is 0.204 e. The van der Waals surface area contributed by atoms with Crippen LogP contribution < -0.4 is 10.2 Å². The van der Waals surface area contributed by atoms with E-state index in [4.69, 9.17) is 0 Å². The maximum absolute atomic E-state index is 4.66. The molecule has 0 aliphatic carbocycles. The van der Waals surface area contributed by atoms with Gasteiger partial charge in [-0.2, -0.15) is 0 Å². The van der Waals surface area contributed by atoms with Crippen LogP contribution in [0.3, 0.4) is 0 Å². The maximum atomic E-state index is 4.66. The summed E-state index contributed by atoms with van der Waals surface area (Å²) >= 11 is 3.46. The van der Waals surface area contributed by atoms with Crippen LogP contribution in [0.5, 0.6) is 0 Å². The number of piperazine rings is 1. The van der Waals surface area contributed by atoms with Crippen molar-refractivity contribution in [1.82, 2.24) is 24.9 Å². The molecule has 7 heteroatoms. The molecule has 3 aromatic rings. The summed E-state index contributed by atoms with van der Waals surface area (Å²) in [4.78, 5) is 6.92. The van der Waals surface area contributed by atoms with Crippen LogP contribution in [-0.4, -0.2) is 45.8 Å². The Morgan fingerprint density at radius 2 is 1.86 bits per heavy atom. The van der Waals surface area contributed by atoms with Gasteiger partial charge in [0.25, 0.3) is 0 Å². The standard InChI is InChI=1S/C15H15BrN6/c16-12-3-1-11(2-4-12)13-9-18-14(15-20-19-10-22(13)15)21-7-5-17-6-8-21/h1-4,9-10,17H,5-8H2. The fourth-order valence-electron chi connectivity index (χ4n) is 2.74. The van der Waals surface area contributed by atoms with E-state index in [0.29, 0.717) is 0 Å². The zero-order valence-corrected chi connectivity index (χ0v) is 13.5. The third-order valence-corrected chi connectivity index (χ3v) is 4.40. The Labute approximate surface area is 136 Å². The molecule has 1 N–H and O–H groups in total. The first-order chi connectivity index (χ1) is 10.8. The zero-order chi connectivity index (χ0) is 14.9. The van der Waals surface area contributed by atoms with Crippen molar-refractivity contribution in [3.05, 3.63) is 41.3 Å². The highest BCUT2D eigenvalue weighted by molar-refractivity contribution is 9.10. The number of aromatic nitrogens is 4. The molecule has 1 aromatic carbocycles. The molecule has 6 nitrogen and oxygen atoms in total. The summed E-state index contributed by atoms with van der Waals surface area (Å²) in [7, 11) is 0. The molecule has 0 atom stereocenters. The summed E-state index contributed by atoms with van der Waals surface area (Å²) in [5, 5.41) is 11.7. The fraction of sp³-hybridized carbons (Fsp3) is 0.267. The summed E-state index contributed by atoms with van der Waals surface area (Å²) in [5.41, 5.74) is 2.89. The molecule has 112 valence electrons. The number of nitrogens with one attached hydrogen (secondary N) is 1. The Bertz CT molecular complexity index is 791. The van der Waals surface area contributed by atoms with E-state index in [0.717, 1.165) is 53.4 Å². The van der Waals surface area contributed by atoms with Crippen LogP contribution in [0, 0.1) is 0 Å². The molecule has 4 rings (SSSR count). The van der Waals surface area contributed by atoms with Gasteiger partial charge in [-0.05, 0) is 12.1 Å². The van der Waals surface area contributed by atoms with Gasteiger partial charge in [-0.15, -0.1) is 10.2 Å². The summed E-state index contributed by atoms with van der Waals surface area (Å²) in [6.45, 7) is 3.81. The van der Waals surface area contributed by atoms with Crippen LogP contribution in [0.1, 0.15) is 0 Å². The predicted molar refractivity (Wildman–Crippen MR) is 89.0 cm³/mol. The van der Waals surface area contributed by atoms with E-state index in [1.807, 2.05) is 22.7 Å². The topological polar surface area (TPSA) is 58.4 Å². The number of halogens is 1. The van der Waals surface area contributed by atoms with Gasteiger partial charge in [0.1, 0.15) is 6.33 Å². The third kappa shape index (κ3) is 2.36. The minimum absolute atomic E-state index is 0.808. The van der Waals surface area contributed by atoms with Crippen LogP contribution in [0.4, 0.5) is 5.82 Å². The molecular weight excluding hydrogens is 344 g/mol.